The number of carboxylic acids is 1. The Kier molecular flexibility index (Phi) is 5.34. The number of amides is 2. The lowest BCUT2D eigenvalue weighted by Gasteiger charge is -2.43. The number of thioether (sulfide) groups is 1. The Bertz CT molecular complexity index is 914. The zero-order chi connectivity index (χ0) is 21.5. The monoisotopic (exact) mass is 419 g/mol. The molecule has 0 aromatic heterocycles. The van der Waals surface area contributed by atoms with Crippen molar-refractivity contribution in [2.75, 3.05) is 0 Å². The molecule has 29 heavy (non-hydrogen) atoms. The van der Waals surface area contributed by atoms with Crippen molar-refractivity contribution in [2.45, 2.75) is 48.6 Å². The molecule has 6 N–H and O–H groups in total. The molecule has 1 aromatic rings. The molecule has 2 fully saturated rings. The molecule has 11 heteroatoms. The predicted molar refractivity (Wildman–Crippen MR) is 103 cm³/mol. The summed E-state index contributed by atoms with van der Waals surface area (Å²) < 4.78 is -0.687. The highest BCUT2D eigenvalue weighted by Crippen LogP contribution is 2.50. The number of aromatic hydroxyl groups is 1. The van der Waals surface area contributed by atoms with Crippen LogP contribution >= 0.6 is 11.8 Å². The second-order valence-electron chi connectivity index (χ2n) is 7.42. The molecule has 2 aliphatic heterocycles. The van der Waals surface area contributed by atoms with Gasteiger partial charge in [0.1, 0.15) is 29.2 Å². The molecule has 0 radical (unpaired) electrons. The average Bonchev–Trinajstić information content (AvgIpc) is 2.92. The number of rotatable bonds is 6. The van der Waals surface area contributed by atoms with Crippen LogP contribution in [0.1, 0.15) is 31.0 Å². The molecule has 2 saturated heterocycles. The molecule has 2 aliphatic rings. The fourth-order valence-corrected chi connectivity index (χ4v) is 5.24. The number of aliphatic carboxylic acids is 1. The largest absolute Gasteiger partial charge is 0.508 e. The van der Waals surface area contributed by atoms with Crippen LogP contribution in [0.4, 0.5) is 0 Å². The van der Waals surface area contributed by atoms with Gasteiger partial charge in [0.05, 0.1) is 6.54 Å². The van der Waals surface area contributed by atoms with Crippen LogP contribution in [0, 0.1) is 11.5 Å². The van der Waals surface area contributed by atoms with Gasteiger partial charge in [-0.15, -0.1) is 11.8 Å². The molecule has 2 heterocycles. The van der Waals surface area contributed by atoms with E-state index in [1.54, 1.807) is 20.0 Å². The Morgan fingerprint density at radius 1 is 1.45 bits per heavy atom. The van der Waals surface area contributed by atoms with Crippen LogP contribution in [0.25, 0.3) is 0 Å². The maximum Gasteiger partial charge on any atom is 0.327 e. The van der Waals surface area contributed by atoms with Crippen molar-refractivity contribution in [3.05, 3.63) is 29.3 Å². The number of hydrogen-bond acceptors (Lipinski definition) is 8. The number of nitriles is 1. The van der Waals surface area contributed by atoms with Gasteiger partial charge in [-0.05, 0) is 31.5 Å². The molecular weight excluding hydrogens is 398 g/mol. The molecule has 0 spiro atoms. The zero-order valence-corrected chi connectivity index (χ0v) is 16.6. The normalized spacial score (nSPS) is 25.4. The average molecular weight is 419 g/mol. The third-order valence-electron chi connectivity index (χ3n) is 5.08. The fraction of sp³-hybridized carbons (Fsp3) is 0.444. The highest BCUT2D eigenvalue weighted by atomic mass is 32.2. The predicted octanol–water partition coefficient (Wildman–Crippen LogP) is -0.406. The van der Waals surface area contributed by atoms with Crippen molar-refractivity contribution < 1.29 is 24.6 Å². The van der Waals surface area contributed by atoms with Crippen molar-refractivity contribution >= 4 is 29.5 Å². The van der Waals surface area contributed by atoms with E-state index in [0.29, 0.717) is 11.1 Å². The summed E-state index contributed by atoms with van der Waals surface area (Å²) in [5, 5.41) is 32.4. The van der Waals surface area contributed by atoms with E-state index in [-0.39, 0.29) is 12.3 Å². The van der Waals surface area contributed by atoms with E-state index in [9.17, 15) is 24.6 Å². The van der Waals surface area contributed by atoms with E-state index in [0.717, 1.165) is 0 Å². The summed E-state index contributed by atoms with van der Waals surface area (Å²) in [4.78, 5) is 37.9. The SMILES string of the molecule is CC1(C)SC2C(NC(=O)C(N)c3ccc(O)c(CNC#N)c3)C(=O)N2C1C(=O)O. The smallest absolute Gasteiger partial charge is 0.327 e. The number of hydrogen-bond donors (Lipinski definition) is 5. The molecule has 0 saturated carbocycles. The molecule has 4 unspecified atom stereocenters. The van der Waals surface area contributed by atoms with Crippen LogP contribution in [-0.4, -0.2) is 55.1 Å². The van der Waals surface area contributed by atoms with Gasteiger partial charge >= 0.3 is 5.97 Å². The molecule has 0 bridgehead atoms. The summed E-state index contributed by atoms with van der Waals surface area (Å²) in [6.07, 6.45) is 1.74. The first-order valence-corrected chi connectivity index (χ1v) is 9.69. The maximum absolute atomic E-state index is 12.6. The Hall–Kier alpha value is -2.97. The van der Waals surface area contributed by atoms with E-state index < -0.39 is 46.0 Å². The molecule has 4 atom stereocenters. The van der Waals surface area contributed by atoms with Gasteiger partial charge in [-0.1, -0.05) is 6.07 Å². The van der Waals surface area contributed by atoms with Crippen molar-refractivity contribution in [3.63, 3.8) is 0 Å². The van der Waals surface area contributed by atoms with Crippen LogP contribution in [-0.2, 0) is 20.9 Å². The van der Waals surface area contributed by atoms with Gasteiger partial charge in [0.25, 0.3) is 0 Å². The number of β-lactam (4-membered cyclic amide) rings is 1. The number of carbonyl (C=O) groups excluding carboxylic acids is 2. The minimum Gasteiger partial charge on any atom is -0.508 e. The van der Waals surface area contributed by atoms with Crippen LogP contribution in [0.3, 0.4) is 0 Å². The molecule has 0 aliphatic carbocycles. The van der Waals surface area contributed by atoms with E-state index in [1.165, 1.54) is 34.9 Å². The van der Waals surface area contributed by atoms with E-state index in [1.807, 2.05) is 0 Å². The number of benzene rings is 1. The first-order chi connectivity index (χ1) is 13.6. The Labute approximate surface area is 171 Å². The highest BCUT2D eigenvalue weighted by Gasteiger charge is 2.64. The van der Waals surface area contributed by atoms with E-state index in [4.69, 9.17) is 11.0 Å². The maximum atomic E-state index is 12.6. The summed E-state index contributed by atoms with van der Waals surface area (Å²) in [6.45, 7) is 3.57. The van der Waals surface area contributed by atoms with Gasteiger partial charge in [0.15, 0.2) is 6.19 Å². The van der Waals surface area contributed by atoms with Crippen LogP contribution < -0.4 is 16.4 Å². The number of fused-ring (bicyclic) bond motifs is 1. The Morgan fingerprint density at radius 3 is 2.76 bits per heavy atom. The minimum atomic E-state index is -1.10. The van der Waals surface area contributed by atoms with Gasteiger partial charge in [0, 0.05) is 10.3 Å². The number of phenolic OH excluding ortho intramolecular Hbond substituents is 1. The van der Waals surface area contributed by atoms with Gasteiger partial charge in [-0.3, -0.25) is 9.59 Å². The van der Waals surface area contributed by atoms with Gasteiger partial charge < -0.3 is 31.5 Å². The fourth-order valence-electron chi connectivity index (χ4n) is 3.62. The minimum absolute atomic E-state index is 0.0433. The van der Waals surface area contributed by atoms with Gasteiger partial charge in [-0.2, -0.15) is 5.26 Å². The molecule has 10 nitrogen and oxygen atoms in total. The molecule has 2 amide bonds. The number of nitrogens with one attached hydrogen (secondary N) is 2. The first kappa shape index (κ1) is 20.8. The summed E-state index contributed by atoms with van der Waals surface area (Å²) in [7, 11) is 0. The van der Waals surface area contributed by atoms with Crippen molar-refractivity contribution in [1.29, 1.82) is 5.26 Å². The van der Waals surface area contributed by atoms with Gasteiger partial charge in [-0.25, -0.2) is 4.79 Å². The standard InChI is InChI=1S/C18H21N5O5S/c1-18(2)13(17(27)28)23-15(26)12(16(23)29-18)22-14(25)11(20)8-3-4-10(24)9(5-8)6-21-7-19/h3-5,11-13,16,21,24H,6,20H2,1-2H3,(H,22,25)(H,27,28). The van der Waals surface area contributed by atoms with Crippen LogP contribution in [0.2, 0.25) is 0 Å². The lowest BCUT2D eigenvalue weighted by molar-refractivity contribution is -0.161. The topological polar surface area (TPSA) is 169 Å². The van der Waals surface area contributed by atoms with Crippen LogP contribution in [0.15, 0.2) is 18.2 Å². The van der Waals surface area contributed by atoms with Crippen molar-refractivity contribution in [2.24, 2.45) is 5.73 Å². The number of nitrogens with two attached hydrogens (primary N) is 1. The number of phenols is 1. The third-order valence-corrected chi connectivity index (χ3v) is 6.65. The number of nitrogens with zero attached hydrogens (tertiary/aromatic N) is 2. The second-order valence-corrected chi connectivity index (χ2v) is 9.19. The quantitative estimate of drug-likeness (QED) is 0.234. The lowest BCUT2D eigenvalue weighted by atomic mass is 9.95. The third kappa shape index (κ3) is 3.56. The Morgan fingerprint density at radius 2 is 2.14 bits per heavy atom. The summed E-state index contributed by atoms with van der Waals surface area (Å²) in [6, 6.07) is 1.45. The summed E-state index contributed by atoms with van der Waals surface area (Å²) in [5.74, 6) is -2.17. The van der Waals surface area contributed by atoms with Gasteiger partial charge in [0.2, 0.25) is 11.8 Å². The first-order valence-electron chi connectivity index (χ1n) is 8.81. The molecular formula is C18H21N5O5S. The van der Waals surface area contributed by atoms with Crippen molar-refractivity contribution in [3.8, 4) is 11.9 Å². The summed E-state index contributed by atoms with van der Waals surface area (Å²) >= 11 is 1.33. The van der Waals surface area contributed by atoms with E-state index in [2.05, 4.69) is 10.6 Å². The second kappa shape index (κ2) is 7.46. The Balaban J connectivity index is 1.71. The number of carboxylic acid groups (broad SMARTS) is 1. The zero-order valence-electron chi connectivity index (χ0n) is 15.7. The van der Waals surface area contributed by atoms with Crippen LogP contribution in [0.5, 0.6) is 5.75 Å². The highest BCUT2D eigenvalue weighted by molar-refractivity contribution is 8.01. The van der Waals surface area contributed by atoms with E-state index >= 15 is 0 Å². The molecule has 1 aromatic carbocycles. The summed E-state index contributed by atoms with van der Waals surface area (Å²) in [5.41, 5.74) is 6.82. The van der Waals surface area contributed by atoms with Crippen molar-refractivity contribution in [1.82, 2.24) is 15.5 Å². The molecule has 3 rings (SSSR count). The molecule has 154 valence electrons. The lowest BCUT2D eigenvalue weighted by Crippen LogP contribution is -2.71. The number of carbonyl (C=O) groups is 3.